The summed E-state index contributed by atoms with van der Waals surface area (Å²) < 4.78 is 0. The van der Waals surface area contributed by atoms with Crippen LogP contribution in [0.4, 0.5) is 5.95 Å². The van der Waals surface area contributed by atoms with Crippen molar-refractivity contribution >= 4 is 5.95 Å². The lowest BCUT2D eigenvalue weighted by Gasteiger charge is -2.25. The van der Waals surface area contributed by atoms with Crippen LogP contribution in [0.1, 0.15) is 5.69 Å². The molecule has 0 aromatic carbocycles. The minimum atomic E-state index is 0.773. The highest BCUT2D eigenvalue weighted by Crippen LogP contribution is 2.19. The number of nitrogens with one attached hydrogen (secondary N) is 2. The van der Waals surface area contributed by atoms with Crippen LogP contribution in [0.2, 0.25) is 0 Å². The van der Waals surface area contributed by atoms with Crippen LogP contribution in [0.15, 0.2) is 18.3 Å². The Morgan fingerprint density at radius 1 is 1.28 bits per heavy atom. The molecule has 1 aliphatic heterocycles. The van der Waals surface area contributed by atoms with Crippen LogP contribution in [-0.4, -0.2) is 46.3 Å². The standard InChI is InChI=1S/C12H16N6/c1-9-10(3-2-4-14-9)11-15-12(17-16-11)18-7-5-13-6-8-18/h2-4,13H,5-8H2,1H3,(H,15,16,17). The van der Waals surface area contributed by atoms with Crippen molar-refractivity contribution in [1.82, 2.24) is 25.5 Å². The predicted octanol–water partition coefficient (Wildman–Crippen LogP) is 0.585. The first-order valence-electron chi connectivity index (χ1n) is 6.14. The summed E-state index contributed by atoms with van der Waals surface area (Å²) >= 11 is 0. The Balaban J connectivity index is 1.87. The van der Waals surface area contributed by atoms with Crippen molar-refractivity contribution in [2.75, 3.05) is 31.1 Å². The van der Waals surface area contributed by atoms with Crippen molar-refractivity contribution < 1.29 is 0 Å². The van der Waals surface area contributed by atoms with Gasteiger partial charge in [-0.05, 0) is 19.1 Å². The van der Waals surface area contributed by atoms with Crippen LogP contribution < -0.4 is 10.2 Å². The number of hydrogen-bond acceptors (Lipinski definition) is 5. The van der Waals surface area contributed by atoms with E-state index in [0.29, 0.717) is 0 Å². The molecule has 0 aliphatic carbocycles. The van der Waals surface area contributed by atoms with Crippen molar-refractivity contribution in [2.45, 2.75) is 6.92 Å². The van der Waals surface area contributed by atoms with Gasteiger partial charge in [0.1, 0.15) is 0 Å². The molecule has 0 atom stereocenters. The van der Waals surface area contributed by atoms with E-state index in [1.54, 1.807) is 6.20 Å². The maximum atomic E-state index is 4.56. The third-order valence-corrected chi connectivity index (χ3v) is 3.14. The smallest absolute Gasteiger partial charge is 0.245 e. The van der Waals surface area contributed by atoms with Crippen LogP contribution in [0, 0.1) is 6.92 Å². The number of nitrogens with zero attached hydrogens (tertiary/aromatic N) is 4. The highest BCUT2D eigenvalue weighted by atomic mass is 15.4. The van der Waals surface area contributed by atoms with E-state index in [1.165, 1.54) is 0 Å². The van der Waals surface area contributed by atoms with E-state index in [2.05, 4.69) is 30.4 Å². The first kappa shape index (κ1) is 11.2. The summed E-state index contributed by atoms with van der Waals surface area (Å²) in [6.45, 7) is 5.83. The summed E-state index contributed by atoms with van der Waals surface area (Å²) in [5.74, 6) is 1.56. The molecule has 0 saturated carbocycles. The highest BCUT2D eigenvalue weighted by molar-refractivity contribution is 5.58. The van der Waals surface area contributed by atoms with Crippen molar-refractivity contribution in [3.63, 3.8) is 0 Å². The molecule has 1 saturated heterocycles. The highest BCUT2D eigenvalue weighted by Gasteiger charge is 2.16. The zero-order valence-corrected chi connectivity index (χ0v) is 10.3. The van der Waals surface area contributed by atoms with Gasteiger partial charge in [0.2, 0.25) is 5.95 Å². The molecule has 0 unspecified atom stereocenters. The molecule has 0 spiro atoms. The average Bonchev–Trinajstić information content (AvgIpc) is 2.90. The van der Waals surface area contributed by atoms with Gasteiger partial charge in [0, 0.05) is 43.6 Å². The second kappa shape index (κ2) is 4.73. The molecule has 2 aromatic heterocycles. The Hall–Kier alpha value is -1.95. The number of H-pyrrole nitrogens is 1. The van der Waals surface area contributed by atoms with E-state index in [9.17, 15) is 0 Å². The lowest BCUT2D eigenvalue weighted by Crippen LogP contribution is -2.44. The molecule has 3 heterocycles. The minimum Gasteiger partial charge on any atom is -0.337 e. The Morgan fingerprint density at radius 2 is 2.11 bits per heavy atom. The number of piperazine rings is 1. The van der Waals surface area contributed by atoms with Crippen molar-refractivity contribution in [3.05, 3.63) is 24.0 Å². The van der Waals surface area contributed by atoms with Gasteiger partial charge >= 0.3 is 0 Å². The topological polar surface area (TPSA) is 69.7 Å². The fourth-order valence-electron chi connectivity index (χ4n) is 2.11. The molecule has 1 fully saturated rings. The zero-order valence-electron chi connectivity index (χ0n) is 10.3. The van der Waals surface area contributed by atoms with E-state index in [4.69, 9.17) is 0 Å². The summed E-state index contributed by atoms with van der Waals surface area (Å²) in [4.78, 5) is 11.0. The van der Waals surface area contributed by atoms with Gasteiger partial charge in [-0.1, -0.05) is 0 Å². The molecule has 94 valence electrons. The van der Waals surface area contributed by atoms with Gasteiger partial charge in [0.15, 0.2) is 5.82 Å². The SMILES string of the molecule is Cc1ncccc1-c1nc(N2CCNCC2)n[nH]1. The maximum Gasteiger partial charge on any atom is 0.245 e. The molecule has 2 aromatic rings. The number of aromatic nitrogens is 4. The van der Waals surface area contributed by atoms with Gasteiger partial charge in [0.05, 0.1) is 0 Å². The second-order valence-electron chi connectivity index (χ2n) is 4.36. The Morgan fingerprint density at radius 3 is 2.89 bits per heavy atom. The molecule has 18 heavy (non-hydrogen) atoms. The molecule has 6 heteroatoms. The lowest BCUT2D eigenvalue weighted by molar-refractivity contribution is 0.580. The van der Waals surface area contributed by atoms with E-state index in [-0.39, 0.29) is 0 Å². The Labute approximate surface area is 105 Å². The Bertz CT molecular complexity index is 529. The Kier molecular flexibility index (Phi) is 2.93. The van der Waals surface area contributed by atoms with Gasteiger partial charge in [-0.3, -0.25) is 10.1 Å². The fourth-order valence-corrected chi connectivity index (χ4v) is 2.11. The second-order valence-corrected chi connectivity index (χ2v) is 4.36. The van der Waals surface area contributed by atoms with Gasteiger partial charge in [-0.2, -0.15) is 4.98 Å². The van der Waals surface area contributed by atoms with Crippen LogP contribution in [0.25, 0.3) is 11.4 Å². The maximum absolute atomic E-state index is 4.56. The van der Waals surface area contributed by atoms with E-state index >= 15 is 0 Å². The number of rotatable bonds is 2. The predicted molar refractivity (Wildman–Crippen MR) is 69.4 cm³/mol. The summed E-state index contributed by atoms with van der Waals surface area (Å²) in [6, 6.07) is 3.92. The van der Waals surface area contributed by atoms with Crippen LogP contribution in [0.3, 0.4) is 0 Å². The van der Waals surface area contributed by atoms with Gasteiger partial charge in [0.25, 0.3) is 0 Å². The number of pyridine rings is 1. The first-order valence-corrected chi connectivity index (χ1v) is 6.14. The normalized spacial score (nSPS) is 15.9. The van der Waals surface area contributed by atoms with Gasteiger partial charge in [-0.15, -0.1) is 5.10 Å². The number of anilines is 1. The molecule has 6 nitrogen and oxygen atoms in total. The quantitative estimate of drug-likeness (QED) is 0.809. The number of aryl methyl sites for hydroxylation is 1. The summed E-state index contributed by atoms with van der Waals surface area (Å²) in [7, 11) is 0. The van der Waals surface area contributed by atoms with Crippen LogP contribution in [-0.2, 0) is 0 Å². The monoisotopic (exact) mass is 244 g/mol. The average molecular weight is 244 g/mol. The molecule has 0 amide bonds. The fraction of sp³-hybridized carbons (Fsp3) is 0.417. The summed E-state index contributed by atoms with van der Waals surface area (Å²) in [6.07, 6.45) is 1.78. The molecule has 0 bridgehead atoms. The first-order chi connectivity index (χ1) is 8.84. The van der Waals surface area contributed by atoms with Crippen molar-refractivity contribution in [2.24, 2.45) is 0 Å². The van der Waals surface area contributed by atoms with E-state index < -0.39 is 0 Å². The summed E-state index contributed by atoms with van der Waals surface area (Å²) in [5, 5.41) is 10.6. The van der Waals surface area contributed by atoms with Crippen molar-refractivity contribution in [1.29, 1.82) is 0 Å². The molecule has 2 N–H and O–H groups in total. The van der Waals surface area contributed by atoms with E-state index in [0.717, 1.165) is 49.2 Å². The molecular weight excluding hydrogens is 228 g/mol. The third-order valence-electron chi connectivity index (χ3n) is 3.14. The lowest BCUT2D eigenvalue weighted by atomic mass is 10.2. The molecule has 3 rings (SSSR count). The molecular formula is C12H16N6. The van der Waals surface area contributed by atoms with Crippen LogP contribution >= 0.6 is 0 Å². The summed E-state index contributed by atoms with van der Waals surface area (Å²) in [5.41, 5.74) is 1.96. The third kappa shape index (κ3) is 2.06. The zero-order chi connectivity index (χ0) is 12.4. The van der Waals surface area contributed by atoms with Crippen LogP contribution in [0.5, 0.6) is 0 Å². The minimum absolute atomic E-state index is 0.773. The van der Waals surface area contributed by atoms with Crippen molar-refractivity contribution in [3.8, 4) is 11.4 Å². The number of hydrogen-bond donors (Lipinski definition) is 2. The number of aromatic amines is 1. The molecule has 1 aliphatic rings. The van der Waals surface area contributed by atoms with Gasteiger partial charge in [-0.25, -0.2) is 0 Å². The molecule has 0 radical (unpaired) electrons. The van der Waals surface area contributed by atoms with Gasteiger partial charge < -0.3 is 10.2 Å². The largest absolute Gasteiger partial charge is 0.337 e. The van der Waals surface area contributed by atoms with E-state index in [1.807, 2.05) is 19.1 Å².